The lowest BCUT2D eigenvalue weighted by Crippen LogP contribution is -2.34. The van der Waals surface area contributed by atoms with Crippen molar-refractivity contribution < 1.29 is 14.7 Å². The molecule has 0 fully saturated rings. The second-order valence-electron chi connectivity index (χ2n) is 4.43. The minimum absolute atomic E-state index is 0.179. The third-order valence-electron chi connectivity index (χ3n) is 2.31. The van der Waals surface area contributed by atoms with E-state index in [9.17, 15) is 9.59 Å². The number of carbonyl (C=O) groups excluding carboxylic acids is 1. The van der Waals surface area contributed by atoms with E-state index in [0.29, 0.717) is 19.0 Å². The Kier molecular flexibility index (Phi) is 4.82. The van der Waals surface area contributed by atoms with Crippen LogP contribution < -0.4 is 0 Å². The largest absolute Gasteiger partial charge is 0.480 e. The van der Waals surface area contributed by atoms with Crippen LogP contribution in [-0.4, -0.2) is 50.0 Å². The number of nitrogens with zero attached hydrogens (tertiary/aromatic N) is 4. The van der Waals surface area contributed by atoms with E-state index in [1.807, 2.05) is 20.8 Å². The Balaban J connectivity index is 2.76. The van der Waals surface area contributed by atoms with Gasteiger partial charge in [0.15, 0.2) is 5.69 Å². The molecule has 1 rings (SSSR count). The lowest BCUT2D eigenvalue weighted by molar-refractivity contribution is -0.137. The maximum Gasteiger partial charge on any atom is 0.325 e. The van der Waals surface area contributed by atoms with E-state index in [0.717, 1.165) is 4.68 Å². The summed E-state index contributed by atoms with van der Waals surface area (Å²) in [4.78, 5) is 24.2. The number of rotatable bonds is 6. The van der Waals surface area contributed by atoms with Crippen molar-refractivity contribution in [3.8, 4) is 0 Å². The van der Waals surface area contributed by atoms with E-state index in [2.05, 4.69) is 10.3 Å². The summed E-state index contributed by atoms with van der Waals surface area (Å²) >= 11 is 0. The van der Waals surface area contributed by atoms with E-state index in [-0.39, 0.29) is 18.1 Å². The van der Waals surface area contributed by atoms with Crippen molar-refractivity contribution in [2.45, 2.75) is 27.3 Å². The predicted octanol–water partition coefficient (Wildman–Crippen LogP) is 0.481. The first-order valence-electron chi connectivity index (χ1n) is 5.85. The maximum absolute atomic E-state index is 12.1. The fourth-order valence-corrected chi connectivity index (χ4v) is 1.57. The first-order chi connectivity index (χ1) is 8.43. The summed E-state index contributed by atoms with van der Waals surface area (Å²) in [6, 6.07) is 0. The summed E-state index contributed by atoms with van der Waals surface area (Å²) in [5.74, 6) is -0.876. The molecule has 0 aromatic carbocycles. The quantitative estimate of drug-likeness (QED) is 0.797. The molecule has 1 amide bonds. The van der Waals surface area contributed by atoms with Crippen LogP contribution in [0.5, 0.6) is 0 Å². The average molecular weight is 254 g/mol. The van der Waals surface area contributed by atoms with E-state index in [1.54, 1.807) is 4.90 Å². The van der Waals surface area contributed by atoms with Gasteiger partial charge in [0.1, 0.15) is 6.54 Å². The van der Waals surface area contributed by atoms with Crippen molar-refractivity contribution in [3.05, 3.63) is 11.9 Å². The van der Waals surface area contributed by atoms with Crippen LogP contribution in [0.3, 0.4) is 0 Å². The molecule has 18 heavy (non-hydrogen) atoms. The van der Waals surface area contributed by atoms with E-state index in [4.69, 9.17) is 5.11 Å². The second-order valence-corrected chi connectivity index (χ2v) is 4.43. The third kappa shape index (κ3) is 3.83. The molecule has 7 heteroatoms. The van der Waals surface area contributed by atoms with Gasteiger partial charge in [-0.1, -0.05) is 19.1 Å². The second kappa shape index (κ2) is 6.13. The number of hydrogen-bond donors (Lipinski definition) is 1. The van der Waals surface area contributed by atoms with Crippen LogP contribution >= 0.6 is 0 Å². The van der Waals surface area contributed by atoms with Crippen LogP contribution in [0.2, 0.25) is 0 Å². The topological polar surface area (TPSA) is 88.3 Å². The van der Waals surface area contributed by atoms with Crippen LogP contribution in [0.15, 0.2) is 6.20 Å². The average Bonchev–Trinajstić information content (AvgIpc) is 2.72. The smallest absolute Gasteiger partial charge is 0.325 e. The molecule has 0 bridgehead atoms. The first kappa shape index (κ1) is 14.1. The molecule has 0 spiro atoms. The number of hydrogen-bond acceptors (Lipinski definition) is 4. The van der Waals surface area contributed by atoms with Gasteiger partial charge < -0.3 is 10.0 Å². The van der Waals surface area contributed by atoms with Gasteiger partial charge in [0, 0.05) is 13.1 Å². The number of aliphatic carboxylic acids is 1. The molecule has 0 aliphatic heterocycles. The van der Waals surface area contributed by atoms with Gasteiger partial charge in [-0.2, -0.15) is 0 Å². The highest BCUT2D eigenvalue weighted by molar-refractivity contribution is 5.91. The highest BCUT2D eigenvalue weighted by atomic mass is 16.4. The zero-order valence-corrected chi connectivity index (χ0v) is 10.8. The number of carbonyl (C=O) groups is 2. The Morgan fingerprint density at radius 2 is 2.17 bits per heavy atom. The lowest BCUT2D eigenvalue weighted by atomic mass is 10.2. The number of carboxylic acids is 1. The van der Waals surface area contributed by atoms with Gasteiger partial charge in [-0.25, -0.2) is 4.68 Å². The number of amides is 1. The number of carboxylic acid groups (broad SMARTS) is 1. The standard InChI is InChI=1S/C11H18N4O3/c1-4-14(5-8(2)3)11(18)9-6-15(13-12-9)7-10(16)17/h6,8H,4-5,7H2,1-3H3,(H,16,17). The van der Waals surface area contributed by atoms with E-state index in [1.165, 1.54) is 6.20 Å². The molecule has 0 unspecified atom stereocenters. The third-order valence-corrected chi connectivity index (χ3v) is 2.31. The number of aromatic nitrogens is 3. The molecule has 1 aromatic heterocycles. The Labute approximate surface area is 105 Å². The molecule has 1 heterocycles. The molecule has 0 radical (unpaired) electrons. The Morgan fingerprint density at radius 1 is 1.50 bits per heavy atom. The van der Waals surface area contributed by atoms with E-state index >= 15 is 0 Å². The van der Waals surface area contributed by atoms with Crippen molar-refractivity contribution >= 4 is 11.9 Å². The van der Waals surface area contributed by atoms with Crippen molar-refractivity contribution in [2.24, 2.45) is 5.92 Å². The normalized spacial score (nSPS) is 10.7. The molecule has 100 valence electrons. The highest BCUT2D eigenvalue weighted by Gasteiger charge is 2.18. The maximum atomic E-state index is 12.1. The van der Waals surface area contributed by atoms with Crippen LogP contribution in [0.1, 0.15) is 31.3 Å². The molecular weight excluding hydrogens is 236 g/mol. The fraction of sp³-hybridized carbons (Fsp3) is 0.636. The summed E-state index contributed by atoms with van der Waals surface area (Å²) in [6.07, 6.45) is 1.36. The monoisotopic (exact) mass is 254 g/mol. The van der Waals surface area contributed by atoms with Crippen molar-refractivity contribution in [1.29, 1.82) is 0 Å². The molecule has 7 nitrogen and oxygen atoms in total. The van der Waals surface area contributed by atoms with Crippen LogP contribution in [0.4, 0.5) is 0 Å². The summed E-state index contributed by atoms with van der Waals surface area (Å²) in [7, 11) is 0. The van der Waals surface area contributed by atoms with E-state index < -0.39 is 5.97 Å². The van der Waals surface area contributed by atoms with Gasteiger partial charge in [0.05, 0.1) is 6.20 Å². The van der Waals surface area contributed by atoms with Gasteiger partial charge >= 0.3 is 5.97 Å². The van der Waals surface area contributed by atoms with Gasteiger partial charge in [0.2, 0.25) is 0 Å². The molecule has 0 saturated heterocycles. The van der Waals surface area contributed by atoms with Crippen molar-refractivity contribution in [2.75, 3.05) is 13.1 Å². The Bertz CT molecular complexity index is 428. The van der Waals surface area contributed by atoms with Crippen LogP contribution in [0, 0.1) is 5.92 Å². The SMILES string of the molecule is CCN(CC(C)C)C(=O)c1cn(CC(=O)O)nn1. The minimum atomic E-state index is -1.02. The fourth-order valence-electron chi connectivity index (χ4n) is 1.57. The first-order valence-corrected chi connectivity index (χ1v) is 5.85. The predicted molar refractivity (Wildman–Crippen MR) is 64.1 cm³/mol. The lowest BCUT2D eigenvalue weighted by Gasteiger charge is -2.21. The van der Waals surface area contributed by atoms with Crippen LogP contribution in [0.25, 0.3) is 0 Å². The highest BCUT2D eigenvalue weighted by Crippen LogP contribution is 2.04. The minimum Gasteiger partial charge on any atom is -0.480 e. The van der Waals surface area contributed by atoms with Gasteiger partial charge in [-0.3, -0.25) is 9.59 Å². The van der Waals surface area contributed by atoms with Crippen molar-refractivity contribution in [1.82, 2.24) is 19.9 Å². The Hall–Kier alpha value is -1.92. The molecule has 0 aliphatic rings. The van der Waals surface area contributed by atoms with Gasteiger partial charge in [-0.15, -0.1) is 5.10 Å². The van der Waals surface area contributed by atoms with Crippen molar-refractivity contribution in [3.63, 3.8) is 0 Å². The Morgan fingerprint density at radius 3 is 2.67 bits per heavy atom. The summed E-state index contributed by atoms with van der Waals surface area (Å²) in [6.45, 7) is 6.87. The summed E-state index contributed by atoms with van der Waals surface area (Å²) < 4.78 is 1.14. The van der Waals surface area contributed by atoms with Crippen LogP contribution in [-0.2, 0) is 11.3 Å². The molecule has 0 atom stereocenters. The molecule has 1 N–H and O–H groups in total. The molecule has 0 aliphatic carbocycles. The molecule has 0 saturated carbocycles. The zero-order valence-electron chi connectivity index (χ0n) is 10.8. The summed E-state index contributed by atoms with van der Waals surface area (Å²) in [5.41, 5.74) is 0.179. The summed E-state index contributed by atoms with van der Waals surface area (Å²) in [5, 5.41) is 15.9. The molecule has 1 aromatic rings. The zero-order chi connectivity index (χ0) is 13.7. The van der Waals surface area contributed by atoms with Gasteiger partial charge in [0.25, 0.3) is 5.91 Å². The molecular formula is C11H18N4O3. The van der Waals surface area contributed by atoms with Gasteiger partial charge in [-0.05, 0) is 12.8 Å².